The molecule has 11 heteroatoms. The van der Waals surface area contributed by atoms with Crippen LogP contribution in [0.25, 0.3) is 17.2 Å². The SMILES string of the molecule is CCCCc1nc(C(N)=O)c(C(N)=O)n1Cc1ccc(-n2cccc2-c2nn[nH]n2)cc1. The first-order chi connectivity index (χ1) is 15.5. The Morgan fingerprint density at radius 1 is 1.09 bits per heavy atom. The number of nitrogens with two attached hydrogens (primary N) is 2. The van der Waals surface area contributed by atoms with E-state index in [0.717, 1.165) is 29.8 Å². The molecule has 0 unspecified atom stereocenters. The number of primary amides is 2. The standard InChI is InChI=1S/C21H23N9O2/c1-2-3-6-16-24-17(19(22)31)18(20(23)32)30(16)12-13-7-9-14(10-8-13)29-11-4-5-15(29)21-25-27-28-26-21/h4-5,7-11H,2-3,6,12H2,1H3,(H2,22,31)(H2,23,32)(H,25,26,27,28). The van der Waals surface area contributed by atoms with Crippen molar-refractivity contribution in [2.75, 3.05) is 0 Å². The molecule has 0 saturated carbocycles. The third kappa shape index (κ3) is 4.00. The van der Waals surface area contributed by atoms with Gasteiger partial charge in [0.05, 0.1) is 5.69 Å². The second kappa shape index (κ2) is 8.84. The van der Waals surface area contributed by atoms with E-state index < -0.39 is 11.8 Å². The van der Waals surface area contributed by atoms with Crippen LogP contribution in [0.2, 0.25) is 0 Å². The normalized spacial score (nSPS) is 11.0. The molecular weight excluding hydrogens is 410 g/mol. The minimum Gasteiger partial charge on any atom is -0.364 e. The van der Waals surface area contributed by atoms with Gasteiger partial charge in [-0.15, -0.1) is 10.2 Å². The molecule has 0 radical (unpaired) electrons. The number of hydrogen-bond acceptors (Lipinski definition) is 6. The van der Waals surface area contributed by atoms with Crippen LogP contribution in [-0.4, -0.2) is 46.6 Å². The number of benzene rings is 1. The quantitative estimate of drug-likeness (QED) is 0.361. The highest BCUT2D eigenvalue weighted by atomic mass is 16.2. The first-order valence-electron chi connectivity index (χ1n) is 10.2. The summed E-state index contributed by atoms with van der Waals surface area (Å²) < 4.78 is 3.63. The zero-order valence-electron chi connectivity index (χ0n) is 17.5. The van der Waals surface area contributed by atoms with Crippen molar-refractivity contribution in [1.82, 2.24) is 34.7 Å². The molecule has 0 saturated heterocycles. The number of hydrogen-bond donors (Lipinski definition) is 3. The number of carbonyl (C=O) groups is 2. The van der Waals surface area contributed by atoms with E-state index >= 15 is 0 Å². The van der Waals surface area contributed by atoms with Gasteiger partial charge in [0.2, 0.25) is 5.82 Å². The molecule has 3 heterocycles. The molecule has 4 rings (SSSR count). The summed E-state index contributed by atoms with van der Waals surface area (Å²) in [7, 11) is 0. The van der Waals surface area contributed by atoms with Crippen LogP contribution in [0.15, 0.2) is 42.6 Å². The Morgan fingerprint density at radius 2 is 1.88 bits per heavy atom. The molecule has 0 aliphatic heterocycles. The topological polar surface area (TPSA) is 163 Å². The van der Waals surface area contributed by atoms with Crippen molar-refractivity contribution in [3.05, 3.63) is 65.4 Å². The molecule has 164 valence electrons. The maximum Gasteiger partial charge on any atom is 0.269 e. The lowest BCUT2D eigenvalue weighted by molar-refractivity contribution is 0.0959. The van der Waals surface area contributed by atoms with Crippen molar-refractivity contribution >= 4 is 11.8 Å². The number of tetrazole rings is 1. The van der Waals surface area contributed by atoms with Gasteiger partial charge in [-0.2, -0.15) is 5.21 Å². The minimum atomic E-state index is -0.771. The van der Waals surface area contributed by atoms with Crippen LogP contribution in [0.4, 0.5) is 0 Å². The lowest BCUT2D eigenvalue weighted by Gasteiger charge is -2.12. The van der Waals surface area contributed by atoms with E-state index in [9.17, 15) is 9.59 Å². The number of H-pyrrole nitrogens is 1. The molecule has 0 spiro atoms. The Kier molecular flexibility index (Phi) is 5.79. The Bertz CT molecular complexity index is 1240. The number of imidazole rings is 1. The maximum atomic E-state index is 12.1. The van der Waals surface area contributed by atoms with Crippen molar-refractivity contribution in [3.63, 3.8) is 0 Å². The van der Waals surface area contributed by atoms with Crippen LogP contribution in [0.1, 0.15) is 52.1 Å². The number of rotatable bonds is 9. The first kappa shape index (κ1) is 21.0. The molecule has 32 heavy (non-hydrogen) atoms. The summed E-state index contributed by atoms with van der Waals surface area (Å²) in [5, 5.41) is 14.1. The second-order valence-corrected chi connectivity index (χ2v) is 7.31. The summed E-state index contributed by atoms with van der Waals surface area (Å²) in [5.41, 5.74) is 13.6. The predicted octanol–water partition coefficient (Wildman–Crippen LogP) is 1.44. The van der Waals surface area contributed by atoms with Gasteiger partial charge in [-0.3, -0.25) is 9.59 Å². The molecule has 3 aromatic heterocycles. The van der Waals surface area contributed by atoms with Gasteiger partial charge in [0.15, 0.2) is 5.69 Å². The van der Waals surface area contributed by atoms with E-state index in [4.69, 9.17) is 11.5 Å². The summed E-state index contributed by atoms with van der Waals surface area (Å²) in [6.45, 7) is 2.39. The molecule has 0 fully saturated rings. The summed E-state index contributed by atoms with van der Waals surface area (Å²) in [6, 6.07) is 11.6. The third-order valence-electron chi connectivity index (χ3n) is 5.15. The Labute approximate surface area is 183 Å². The number of aryl methyl sites for hydroxylation is 1. The summed E-state index contributed by atoms with van der Waals surface area (Å²) in [5.74, 6) is -0.401. The van der Waals surface area contributed by atoms with E-state index in [1.54, 1.807) is 4.57 Å². The second-order valence-electron chi connectivity index (χ2n) is 7.31. The van der Waals surface area contributed by atoms with E-state index in [0.29, 0.717) is 24.6 Å². The highest BCUT2D eigenvalue weighted by molar-refractivity contribution is 6.04. The molecule has 2 amide bonds. The summed E-state index contributed by atoms with van der Waals surface area (Å²) in [4.78, 5) is 28.3. The van der Waals surface area contributed by atoms with Crippen LogP contribution in [-0.2, 0) is 13.0 Å². The van der Waals surface area contributed by atoms with Crippen molar-refractivity contribution in [2.45, 2.75) is 32.7 Å². The average Bonchev–Trinajstić information content (AvgIpc) is 3.52. The average molecular weight is 433 g/mol. The van der Waals surface area contributed by atoms with Gasteiger partial charge in [-0.05, 0) is 41.5 Å². The highest BCUT2D eigenvalue weighted by Gasteiger charge is 2.24. The van der Waals surface area contributed by atoms with E-state index in [2.05, 4.69) is 32.5 Å². The van der Waals surface area contributed by atoms with E-state index in [-0.39, 0.29) is 11.4 Å². The molecule has 4 aromatic rings. The number of aromatic nitrogens is 7. The van der Waals surface area contributed by atoms with Crippen molar-refractivity contribution in [2.24, 2.45) is 11.5 Å². The smallest absolute Gasteiger partial charge is 0.269 e. The van der Waals surface area contributed by atoms with Crippen molar-refractivity contribution < 1.29 is 9.59 Å². The van der Waals surface area contributed by atoms with E-state index in [1.165, 1.54) is 0 Å². The van der Waals surface area contributed by atoms with Gasteiger partial charge in [0.1, 0.15) is 11.5 Å². The molecule has 0 aliphatic rings. The number of aromatic amines is 1. The van der Waals surface area contributed by atoms with Crippen molar-refractivity contribution in [3.8, 4) is 17.2 Å². The Balaban J connectivity index is 1.66. The highest BCUT2D eigenvalue weighted by Crippen LogP contribution is 2.22. The molecule has 1 aromatic carbocycles. The number of nitrogens with zero attached hydrogens (tertiary/aromatic N) is 6. The first-order valence-corrected chi connectivity index (χ1v) is 10.2. The van der Waals surface area contributed by atoms with Crippen LogP contribution in [0.3, 0.4) is 0 Å². The molecular formula is C21H23N9O2. The number of unbranched alkanes of at least 4 members (excludes halogenated alkanes) is 1. The van der Waals surface area contributed by atoms with Crippen molar-refractivity contribution in [1.29, 1.82) is 0 Å². The van der Waals surface area contributed by atoms with Gasteiger partial charge >= 0.3 is 0 Å². The monoisotopic (exact) mass is 433 g/mol. The fourth-order valence-corrected chi connectivity index (χ4v) is 3.62. The van der Waals surface area contributed by atoms with Crippen LogP contribution < -0.4 is 11.5 Å². The molecule has 5 N–H and O–H groups in total. The van der Waals surface area contributed by atoms with Gasteiger partial charge in [0.25, 0.3) is 11.8 Å². The third-order valence-corrected chi connectivity index (χ3v) is 5.15. The summed E-state index contributed by atoms with van der Waals surface area (Å²) >= 11 is 0. The zero-order valence-corrected chi connectivity index (χ0v) is 17.5. The predicted molar refractivity (Wildman–Crippen MR) is 116 cm³/mol. The number of nitrogens with one attached hydrogen (secondary N) is 1. The van der Waals surface area contributed by atoms with Crippen LogP contribution in [0.5, 0.6) is 0 Å². The molecule has 0 bridgehead atoms. The summed E-state index contributed by atoms with van der Waals surface area (Å²) in [6.07, 6.45) is 4.32. The van der Waals surface area contributed by atoms with Gasteiger partial charge in [-0.1, -0.05) is 25.5 Å². The number of carbonyl (C=O) groups excluding carboxylic acids is 2. The van der Waals surface area contributed by atoms with Gasteiger partial charge in [-0.25, -0.2) is 4.98 Å². The maximum absolute atomic E-state index is 12.1. The molecule has 0 aliphatic carbocycles. The lowest BCUT2D eigenvalue weighted by atomic mass is 10.1. The van der Waals surface area contributed by atoms with Gasteiger partial charge in [0, 0.05) is 24.8 Å². The number of amides is 2. The zero-order chi connectivity index (χ0) is 22.7. The largest absolute Gasteiger partial charge is 0.364 e. The van der Waals surface area contributed by atoms with Crippen LogP contribution in [0, 0.1) is 0 Å². The fourth-order valence-electron chi connectivity index (χ4n) is 3.62. The molecule has 11 nitrogen and oxygen atoms in total. The Hall–Kier alpha value is -4.28. The van der Waals surface area contributed by atoms with E-state index in [1.807, 2.05) is 47.2 Å². The fraction of sp³-hybridized carbons (Fsp3) is 0.238. The Morgan fingerprint density at radius 3 is 2.50 bits per heavy atom. The lowest BCUT2D eigenvalue weighted by Crippen LogP contribution is -2.23. The van der Waals surface area contributed by atoms with Gasteiger partial charge < -0.3 is 20.6 Å². The van der Waals surface area contributed by atoms with Crippen LogP contribution >= 0.6 is 0 Å². The molecule has 0 atom stereocenters. The minimum absolute atomic E-state index is 0.0393.